The first-order valence-electron chi connectivity index (χ1n) is 7.05. The number of amides is 2. The lowest BCUT2D eigenvalue weighted by molar-refractivity contribution is -0.139. The summed E-state index contributed by atoms with van der Waals surface area (Å²) in [5.74, 6) is -1.55. The van der Waals surface area contributed by atoms with Gasteiger partial charge in [-0.15, -0.1) is 0 Å². The first kappa shape index (κ1) is 14.3. The molecule has 1 aromatic carbocycles. The number of ether oxygens (including phenoxy) is 1. The number of rotatable bonds is 4. The number of anilines is 1. The Hall–Kier alpha value is -2.63. The van der Waals surface area contributed by atoms with Crippen LogP contribution in [0.1, 0.15) is 12.8 Å². The average Bonchev–Trinajstić information content (AvgIpc) is 2.78. The van der Waals surface area contributed by atoms with E-state index in [0.29, 0.717) is 24.3 Å². The Kier molecular flexibility index (Phi) is 3.66. The van der Waals surface area contributed by atoms with Crippen LogP contribution in [-0.4, -0.2) is 29.5 Å². The molecule has 0 unspecified atom stereocenters. The summed E-state index contributed by atoms with van der Waals surface area (Å²) in [5.41, 5.74) is 0.493. The smallest absolute Gasteiger partial charge is 0.341 e. The van der Waals surface area contributed by atoms with Crippen molar-refractivity contribution in [3.63, 3.8) is 0 Å². The summed E-state index contributed by atoms with van der Waals surface area (Å²) in [7, 11) is 0. The fraction of sp³-hybridized carbons (Fsp3) is 0.312. The minimum absolute atomic E-state index is 0.168. The second kappa shape index (κ2) is 5.63. The Morgan fingerprint density at radius 3 is 2.14 bits per heavy atom. The lowest BCUT2D eigenvalue weighted by atomic mass is 9.85. The quantitative estimate of drug-likeness (QED) is 0.674. The maximum Gasteiger partial charge on any atom is 0.341 e. The number of hydrogen-bond donors (Lipinski definition) is 1. The molecular weight excluding hydrogens is 286 g/mol. The number of carboxylic acid groups (broad SMARTS) is 1. The number of carbonyl (C=O) groups excluding carboxylic acids is 2. The number of benzene rings is 1. The fourth-order valence-corrected chi connectivity index (χ4v) is 2.89. The highest BCUT2D eigenvalue weighted by Crippen LogP contribution is 2.37. The van der Waals surface area contributed by atoms with Crippen LogP contribution >= 0.6 is 0 Å². The Bertz CT molecular complexity index is 623. The number of fused-ring (bicyclic) bond motifs is 1. The molecule has 1 heterocycles. The second-order valence-corrected chi connectivity index (χ2v) is 5.34. The maximum absolute atomic E-state index is 12.4. The van der Waals surface area contributed by atoms with Gasteiger partial charge < -0.3 is 9.84 Å². The third kappa shape index (κ3) is 2.47. The van der Waals surface area contributed by atoms with E-state index in [-0.39, 0.29) is 23.7 Å². The van der Waals surface area contributed by atoms with Crippen LogP contribution in [0, 0.1) is 11.8 Å². The molecule has 2 aliphatic rings. The van der Waals surface area contributed by atoms with Crippen LogP contribution in [0.15, 0.2) is 36.4 Å². The molecule has 0 radical (unpaired) electrons. The van der Waals surface area contributed by atoms with Crippen molar-refractivity contribution in [2.45, 2.75) is 12.8 Å². The van der Waals surface area contributed by atoms with Gasteiger partial charge in [-0.05, 0) is 37.1 Å². The highest BCUT2D eigenvalue weighted by molar-refractivity contribution is 6.22. The van der Waals surface area contributed by atoms with Gasteiger partial charge in [0.2, 0.25) is 11.8 Å². The SMILES string of the molecule is O=C(O)COc1ccc(N2C(=O)[C@@H]3CC=CC[C@H]3C2=O)cc1. The zero-order valence-corrected chi connectivity index (χ0v) is 11.8. The Morgan fingerprint density at radius 2 is 1.64 bits per heavy atom. The van der Waals surface area contributed by atoms with E-state index in [1.807, 2.05) is 12.2 Å². The Labute approximate surface area is 127 Å². The van der Waals surface area contributed by atoms with Gasteiger partial charge in [-0.3, -0.25) is 14.5 Å². The third-order valence-electron chi connectivity index (χ3n) is 3.96. The highest BCUT2D eigenvalue weighted by Gasteiger charge is 2.47. The third-order valence-corrected chi connectivity index (χ3v) is 3.96. The molecule has 1 saturated heterocycles. The molecule has 2 amide bonds. The molecular formula is C16H15NO5. The topological polar surface area (TPSA) is 83.9 Å². The van der Waals surface area contributed by atoms with Gasteiger partial charge in [-0.2, -0.15) is 0 Å². The van der Waals surface area contributed by atoms with Crippen molar-refractivity contribution in [2.75, 3.05) is 11.5 Å². The van der Waals surface area contributed by atoms with E-state index < -0.39 is 12.6 Å². The molecule has 1 aliphatic carbocycles. The summed E-state index contributed by atoms with van der Waals surface area (Å²) in [4.78, 5) is 36.5. The van der Waals surface area contributed by atoms with Crippen molar-refractivity contribution in [1.29, 1.82) is 0 Å². The molecule has 6 heteroatoms. The predicted molar refractivity (Wildman–Crippen MR) is 77.4 cm³/mol. The number of imide groups is 1. The fourth-order valence-electron chi connectivity index (χ4n) is 2.89. The molecule has 6 nitrogen and oxygen atoms in total. The Morgan fingerprint density at radius 1 is 1.09 bits per heavy atom. The van der Waals surface area contributed by atoms with Gasteiger partial charge in [-0.1, -0.05) is 12.2 Å². The van der Waals surface area contributed by atoms with Crippen LogP contribution < -0.4 is 9.64 Å². The van der Waals surface area contributed by atoms with Crippen molar-refractivity contribution in [1.82, 2.24) is 0 Å². The molecule has 22 heavy (non-hydrogen) atoms. The number of aliphatic carboxylic acids is 1. The summed E-state index contributed by atoms with van der Waals surface area (Å²) in [6, 6.07) is 6.30. The molecule has 0 bridgehead atoms. The van der Waals surface area contributed by atoms with E-state index in [2.05, 4.69) is 0 Å². The van der Waals surface area contributed by atoms with Gasteiger partial charge >= 0.3 is 5.97 Å². The number of nitrogens with zero attached hydrogens (tertiary/aromatic N) is 1. The second-order valence-electron chi connectivity index (χ2n) is 5.34. The molecule has 0 spiro atoms. The van der Waals surface area contributed by atoms with E-state index in [0.717, 1.165) is 0 Å². The van der Waals surface area contributed by atoms with Crippen molar-refractivity contribution < 1.29 is 24.2 Å². The molecule has 1 N–H and O–H groups in total. The molecule has 114 valence electrons. The summed E-state index contributed by atoms with van der Waals surface area (Å²) in [6.07, 6.45) is 5.09. The first-order valence-corrected chi connectivity index (χ1v) is 7.05. The minimum Gasteiger partial charge on any atom is -0.482 e. The van der Waals surface area contributed by atoms with Crippen LogP contribution in [0.25, 0.3) is 0 Å². The average molecular weight is 301 g/mol. The summed E-state index contributed by atoms with van der Waals surface area (Å²) in [5, 5.41) is 8.56. The molecule has 2 atom stereocenters. The largest absolute Gasteiger partial charge is 0.482 e. The van der Waals surface area contributed by atoms with E-state index in [1.54, 1.807) is 24.3 Å². The monoisotopic (exact) mass is 301 g/mol. The van der Waals surface area contributed by atoms with Gasteiger partial charge in [0.05, 0.1) is 17.5 Å². The van der Waals surface area contributed by atoms with Gasteiger partial charge in [0.25, 0.3) is 0 Å². The normalized spacial score (nSPS) is 23.5. The highest BCUT2D eigenvalue weighted by atomic mass is 16.5. The van der Waals surface area contributed by atoms with Gasteiger partial charge in [0, 0.05) is 0 Å². The summed E-state index contributed by atoms with van der Waals surface area (Å²) in [6.45, 7) is -0.434. The number of allylic oxidation sites excluding steroid dienone is 2. The molecule has 0 saturated carbocycles. The van der Waals surface area contributed by atoms with E-state index in [1.165, 1.54) is 4.90 Å². The van der Waals surface area contributed by atoms with Crippen LogP contribution in [0.3, 0.4) is 0 Å². The van der Waals surface area contributed by atoms with Crippen LogP contribution in [0.2, 0.25) is 0 Å². The van der Waals surface area contributed by atoms with Gasteiger partial charge in [0.15, 0.2) is 6.61 Å². The van der Waals surface area contributed by atoms with Crippen LogP contribution in [0.5, 0.6) is 5.75 Å². The lowest BCUT2D eigenvalue weighted by Gasteiger charge is -2.15. The van der Waals surface area contributed by atoms with E-state index >= 15 is 0 Å². The van der Waals surface area contributed by atoms with Crippen LogP contribution in [0.4, 0.5) is 5.69 Å². The van der Waals surface area contributed by atoms with Crippen molar-refractivity contribution >= 4 is 23.5 Å². The minimum atomic E-state index is -1.06. The lowest BCUT2D eigenvalue weighted by Crippen LogP contribution is -2.30. The number of hydrogen-bond acceptors (Lipinski definition) is 4. The van der Waals surface area contributed by atoms with Crippen molar-refractivity contribution in [3.8, 4) is 5.75 Å². The Balaban J connectivity index is 1.78. The van der Waals surface area contributed by atoms with Crippen molar-refractivity contribution in [3.05, 3.63) is 36.4 Å². The predicted octanol–water partition coefficient (Wildman–Crippen LogP) is 1.61. The zero-order chi connectivity index (χ0) is 15.7. The molecule has 1 fully saturated rings. The first-order chi connectivity index (χ1) is 10.6. The standard InChI is InChI=1S/C16H15NO5/c18-14(19)9-22-11-7-5-10(6-8-11)17-15(20)12-3-1-2-4-13(12)16(17)21/h1-2,5-8,12-13H,3-4,9H2,(H,18,19)/t12-,13-/m1/s1. The van der Waals surface area contributed by atoms with Gasteiger partial charge in [-0.25, -0.2) is 4.79 Å². The zero-order valence-electron chi connectivity index (χ0n) is 11.8. The van der Waals surface area contributed by atoms with E-state index in [4.69, 9.17) is 9.84 Å². The van der Waals surface area contributed by atoms with Gasteiger partial charge in [0.1, 0.15) is 5.75 Å². The molecule has 1 aromatic rings. The molecule has 3 rings (SSSR count). The van der Waals surface area contributed by atoms with Crippen LogP contribution in [-0.2, 0) is 14.4 Å². The maximum atomic E-state index is 12.4. The molecule has 0 aromatic heterocycles. The van der Waals surface area contributed by atoms with Crippen molar-refractivity contribution in [2.24, 2.45) is 11.8 Å². The number of carboxylic acids is 1. The summed E-state index contributed by atoms with van der Waals surface area (Å²) < 4.78 is 5.04. The molecule has 1 aliphatic heterocycles. The van der Waals surface area contributed by atoms with E-state index in [9.17, 15) is 14.4 Å². The summed E-state index contributed by atoms with van der Waals surface area (Å²) >= 11 is 0. The number of carbonyl (C=O) groups is 3.